The highest BCUT2D eigenvalue weighted by atomic mass is 79.9. The minimum absolute atomic E-state index is 0.144. The molecule has 1 atom stereocenters. The SMILES string of the molecule is CC(C)CN1C(N)=NCC1(C)c1ccccc1Br. The first-order valence-electron chi connectivity index (χ1n) is 6.27. The van der Waals surface area contributed by atoms with Crippen molar-refractivity contribution >= 4 is 21.9 Å². The van der Waals surface area contributed by atoms with Gasteiger partial charge in [-0.2, -0.15) is 0 Å². The van der Waals surface area contributed by atoms with E-state index >= 15 is 0 Å². The molecule has 0 saturated carbocycles. The van der Waals surface area contributed by atoms with Crippen molar-refractivity contribution in [2.24, 2.45) is 16.6 Å². The van der Waals surface area contributed by atoms with Crippen LogP contribution in [0, 0.1) is 5.92 Å². The molecule has 0 bridgehead atoms. The van der Waals surface area contributed by atoms with Crippen LogP contribution >= 0.6 is 15.9 Å². The largest absolute Gasteiger partial charge is 0.370 e. The van der Waals surface area contributed by atoms with Gasteiger partial charge in [-0.3, -0.25) is 4.99 Å². The summed E-state index contributed by atoms with van der Waals surface area (Å²) >= 11 is 3.64. The lowest BCUT2D eigenvalue weighted by Gasteiger charge is -2.38. The van der Waals surface area contributed by atoms with Gasteiger partial charge in [-0.1, -0.05) is 48.0 Å². The van der Waals surface area contributed by atoms with E-state index in [2.05, 4.69) is 64.8 Å². The summed E-state index contributed by atoms with van der Waals surface area (Å²) in [5.41, 5.74) is 7.15. The zero-order valence-corrected chi connectivity index (χ0v) is 12.7. The standard InChI is InChI=1S/C14H20BrN3/c1-10(2)8-18-13(16)17-9-14(18,3)11-6-4-5-7-12(11)15/h4-7,10H,8-9H2,1-3H3,(H2,16,17). The van der Waals surface area contributed by atoms with Gasteiger partial charge in [0.05, 0.1) is 12.1 Å². The first-order chi connectivity index (χ1) is 8.45. The Morgan fingerprint density at radius 3 is 2.72 bits per heavy atom. The first kappa shape index (κ1) is 13.4. The molecule has 0 aliphatic carbocycles. The van der Waals surface area contributed by atoms with Gasteiger partial charge in [-0.15, -0.1) is 0 Å². The summed E-state index contributed by atoms with van der Waals surface area (Å²) in [5, 5.41) is 0. The van der Waals surface area contributed by atoms with E-state index in [1.54, 1.807) is 0 Å². The predicted octanol–water partition coefficient (Wildman–Crippen LogP) is 2.95. The van der Waals surface area contributed by atoms with Gasteiger partial charge in [0.2, 0.25) is 0 Å². The van der Waals surface area contributed by atoms with Crippen molar-refractivity contribution < 1.29 is 0 Å². The third kappa shape index (κ3) is 2.26. The second kappa shape index (κ2) is 4.92. The summed E-state index contributed by atoms with van der Waals surface area (Å²) in [7, 11) is 0. The summed E-state index contributed by atoms with van der Waals surface area (Å²) < 4.78 is 1.12. The molecule has 1 unspecified atom stereocenters. The van der Waals surface area contributed by atoms with Gasteiger partial charge in [0, 0.05) is 11.0 Å². The lowest BCUT2D eigenvalue weighted by Crippen LogP contribution is -2.49. The van der Waals surface area contributed by atoms with Crippen LogP contribution in [0.2, 0.25) is 0 Å². The molecule has 0 saturated heterocycles. The number of rotatable bonds is 3. The van der Waals surface area contributed by atoms with Crippen LogP contribution < -0.4 is 5.73 Å². The van der Waals surface area contributed by atoms with Gasteiger partial charge in [-0.25, -0.2) is 0 Å². The third-order valence-corrected chi connectivity index (χ3v) is 4.11. The van der Waals surface area contributed by atoms with E-state index in [4.69, 9.17) is 5.73 Å². The molecular weight excluding hydrogens is 290 g/mol. The molecule has 2 N–H and O–H groups in total. The quantitative estimate of drug-likeness (QED) is 0.932. The molecule has 0 radical (unpaired) electrons. The van der Waals surface area contributed by atoms with Gasteiger partial charge >= 0.3 is 0 Å². The zero-order valence-electron chi connectivity index (χ0n) is 11.2. The van der Waals surface area contributed by atoms with Gasteiger partial charge in [0.15, 0.2) is 5.96 Å². The Kier molecular flexibility index (Phi) is 3.66. The van der Waals surface area contributed by atoms with Gasteiger partial charge in [-0.05, 0) is 24.5 Å². The number of aliphatic imine (C=N–C) groups is 1. The summed E-state index contributed by atoms with van der Waals surface area (Å²) in [5.74, 6) is 1.21. The molecule has 1 heterocycles. The lowest BCUT2D eigenvalue weighted by molar-refractivity contribution is 0.203. The average molecular weight is 310 g/mol. The highest BCUT2D eigenvalue weighted by Crippen LogP contribution is 2.37. The van der Waals surface area contributed by atoms with Crippen molar-refractivity contribution in [3.63, 3.8) is 0 Å². The maximum absolute atomic E-state index is 6.05. The lowest BCUT2D eigenvalue weighted by atomic mass is 9.90. The molecule has 1 aromatic carbocycles. The fraction of sp³-hybridized carbons (Fsp3) is 0.500. The van der Waals surface area contributed by atoms with Crippen LogP contribution in [0.15, 0.2) is 33.7 Å². The minimum Gasteiger partial charge on any atom is -0.370 e. The van der Waals surface area contributed by atoms with Crippen LogP contribution in [0.5, 0.6) is 0 Å². The van der Waals surface area contributed by atoms with Crippen molar-refractivity contribution in [3.05, 3.63) is 34.3 Å². The molecule has 1 aliphatic heterocycles. The molecule has 2 rings (SSSR count). The highest BCUT2D eigenvalue weighted by Gasteiger charge is 2.40. The smallest absolute Gasteiger partial charge is 0.192 e. The average Bonchev–Trinajstić information content (AvgIpc) is 2.58. The van der Waals surface area contributed by atoms with Crippen molar-refractivity contribution in [2.45, 2.75) is 26.3 Å². The van der Waals surface area contributed by atoms with Crippen molar-refractivity contribution in [2.75, 3.05) is 13.1 Å². The number of halogens is 1. The molecule has 18 heavy (non-hydrogen) atoms. The number of nitrogens with two attached hydrogens (primary N) is 1. The Balaban J connectivity index is 2.39. The van der Waals surface area contributed by atoms with Crippen LogP contribution in [-0.2, 0) is 5.54 Å². The zero-order chi connectivity index (χ0) is 13.3. The number of guanidine groups is 1. The number of benzene rings is 1. The maximum Gasteiger partial charge on any atom is 0.192 e. The van der Waals surface area contributed by atoms with Crippen molar-refractivity contribution in [1.82, 2.24) is 4.90 Å². The van der Waals surface area contributed by atoms with Crippen LogP contribution in [0.25, 0.3) is 0 Å². The van der Waals surface area contributed by atoms with Gasteiger partial charge in [0.25, 0.3) is 0 Å². The molecule has 0 amide bonds. The van der Waals surface area contributed by atoms with Crippen LogP contribution in [0.3, 0.4) is 0 Å². The fourth-order valence-corrected chi connectivity index (χ4v) is 3.16. The van der Waals surface area contributed by atoms with Crippen LogP contribution in [0.4, 0.5) is 0 Å². The van der Waals surface area contributed by atoms with Crippen molar-refractivity contribution in [1.29, 1.82) is 0 Å². The van der Waals surface area contributed by atoms with E-state index in [1.165, 1.54) is 5.56 Å². The van der Waals surface area contributed by atoms with Gasteiger partial charge < -0.3 is 10.6 Å². The monoisotopic (exact) mass is 309 g/mol. The molecule has 4 heteroatoms. The summed E-state index contributed by atoms with van der Waals surface area (Å²) in [4.78, 5) is 6.66. The molecule has 98 valence electrons. The summed E-state index contributed by atoms with van der Waals surface area (Å²) in [6.45, 7) is 8.25. The van der Waals surface area contributed by atoms with E-state index in [9.17, 15) is 0 Å². The summed E-state index contributed by atoms with van der Waals surface area (Å²) in [6.07, 6.45) is 0. The second-order valence-electron chi connectivity index (χ2n) is 5.43. The van der Waals surface area contributed by atoms with E-state index in [1.807, 2.05) is 6.07 Å². The predicted molar refractivity (Wildman–Crippen MR) is 79.5 cm³/mol. The van der Waals surface area contributed by atoms with Crippen LogP contribution in [0.1, 0.15) is 26.3 Å². The summed E-state index contributed by atoms with van der Waals surface area (Å²) in [6, 6.07) is 8.31. The first-order valence-corrected chi connectivity index (χ1v) is 7.07. The Labute approximate surface area is 117 Å². The highest BCUT2D eigenvalue weighted by molar-refractivity contribution is 9.10. The molecule has 1 aromatic rings. The van der Waals surface area contributed by atoms with E-state index in [0.717, 1.165) is 11.0 Å². The Bertz CT molecular complexity index is 470. The van der Waals surface area contributed by atoms with Crippen LogP contribution in [-0.4, -0.2) is 23.9 Å². The third-order valence-electron chi connectivity index (χ3n) is 3.42. The Hall–Kier alpha value is -1.03. The normalized spacial score (nSPS) is 23.6. The van der Waals surface area contributed by atoms with E-state index < -0.39 is 0 Å². The van der Waals surface area contributed by atoms with E-state index in [0.29, 0.717) is 18.4 Å². The second-order valence-corrected chi connectivity index (χ2v) is 6.29. The van der Waals surface area contributed by atoms with E-state index in [-0.39, 0.29) is 5.54 Å². The number of nitrogens with zero attached hydrogens (tertiary/aromatic N) is 2. The van der Waals surface area contributed by atoms with Crippen molar-refractivity contribution in [3.8, 4) is 0 Å². The molecule has 0 spiro atoms. The topological polar surface area (TPSA) is 41.6 Å². The Morgan fingerprint density at radius 2 is 2.11 bits per heavy atom. The molecular formula is C14H20BrN3. The number of hydrogen-bond donors (Lipinski definition) is 1. The number of hydrogen-bond acceptors (Lipinski definition) is 3. The minimum atomic E-state index is -0.144. The van der Waals surface area contributed by atoms with Gasteiger partial charge in [0.1, 0.15) is 0 Å². The fourth-order valence-electron chi connectivity index (χ4n) is 2.45. The Morgan fingerprint density at radius 1 is 1.44 bits per heavy atom. The molecule has 0 fully saturated rings. The molecule has 0 aromatic heterocycles. The molecule has 3 nitrogen and oxygen atoms in total. The maximum atomic E-state index is 6.05. The molecule has 1 aliphatic rings.